The van der Waals surface area contributed by atoms with Crippen molar-refractivity contribution in [2.75, 3.05) is 26.2 Å². The molecule has 0 aromatic carbocycles. The Labute approximate surface area is 128 Å². The van der Waals surface area contributed by atoms with Crippen LogP contribution in [-0.2, 0) is 4.74 Å². The lowest BCUT2D eigenvalue weighted by Crippen LogP contribution is -2.39. The number of hydrogen-bond donors (Lipinski definition) is 0. The fourth-order valence-electron chi connectivity index (χ4n) is 2.88. The van der Waals surface area contributed by atoms with Gasteiger partial charge in [-0.25, -0.2) is 9.97 Å². The average molecular weight is 301 g/mol. The molecule has 22 heavy (non-hydrogen) atoms. The van der Waals surface area contributed by atoms with Gasteiger partial charge in [-0.3, -0.25) is 4.90 Å². The zero-order chi connectivity index (χ0) is 14.9. The third-order valence-corrected chi connectivity index (χ3v) is 4.18. The van der Waals surface area contributed by atoms with Crippen LogP contribution in [0.5, 0.6) is 0 Å². The van der Waals surface area contributed by atoms with Crippen molar-refractivity contribution in [3.05, 3.63) is 24.1 Å². The van der Waals surface area contributed by atoms with Crippen LogP contribution in [0.4, 0.5) is 0 Å². The minimum absolute atomic E-state index is 0.0655. The molecule has 0 unspecified atom stereocenters. The number of morpholine rings is 1. The number of hydrogen-bond acceptors (Lipinski definition) is 7. The second kappa shape index (κ2) is 5.73. The third-order valence-electron chi connectivity index (χ3n) is 4.18. The molecule has 7 heteroatoms. The molecule has 7 nitrogen and oxygen atoms in total. The van der Waals surface area contributed by atoms with E-state index in [1.807, 2.05) is 0 Å². The van der Waals surface area contributed by atoms with Gasteiger partial charge in [-0.05, 0) is 18.8 Å². The highest BCUT2D eigenvalue weighted by Crippen LogP contribution is 2.33. The van der Waals surface area contributed by atoms with Crippen LogP contribution in [0.1, 0.15) is 30.5 Å². The normalized spacial score (nSPS) is 22.9. The molecule has 2 aromatic rings. The predicted octanol–water partition coefficient (Wildman–Crippen LogP) is 1.62. The van der Waals surface area contributed by atoms with Crippen molar-refractivity contribution in [3.8, 4) is 11.4 Å². The largest absolute Gasteiger partial charge is 0.369 e. The van der Waals surface area contributed by atoms with E-state index in [0.29, 0.717) is 11.7 Å². The standard InChI is InChI=1S/C15H19N5O2/c1-10-18-15(19-22-10)12-6-16-9-17-14(12)13-8-20(4-5-21-13)7-11-2-3-11/h6,9,11,13H,2-5,7-8H2,1H3/t13-/m1/s1. The molecule has 0 amide bonds. The molecule has 1 saturated carbocycles. The second-order valence-corrected chi connectivity index (χ2v) is 6.02. The highest BCUT2D eigenvalue weighted by molar-refractivity contribution is 5.56. The topological polar surface area (TPSA) is 77.2 Å². The number of ether oxygens (including phenoxy) is 1. The maximum absolute atomic E-state index is 5.95. The van der Waals surface area contributed by atoms with Gasteiger partial charge in [-0.1, -0.05) is 5.16 Å². The molecule has 1 atom stereocenters. The highest BCUT2D eigenvalue weighted by Gasteiger charge is 2.30. The van der Waals surface area contributed by atoms with Gasteiger partial charge >= 0.3 is 0 Å². The van der Waals surface area contributed by atoms with E-state index in [-0.39, 0.29) is 6.10 Å². The zero-order valence-electron chi connectivity index (χ0n) is 12.6. The van der Waals surface area contributed by atoms with E-state index in [4.69, 9.17) is 9.26 Å². The Morgan fingerprint density at radius 2 is 2.27 bits per heavy atom. The van der Waals surface area contributed by atoms with E-state index in [1.165, 1.54) is 19.4 Å². The number of rotatable bonds is 4. The molecule has 1 aliphatic carbocycles. The van der Waals surface area contributed by atoms with Crippen LogP contribution >= 0.6 is 0 Å². The van der Waals surface area contributed by atoms with Crippen molar-refractivity contribution < 1.29 is 9.26 Å². The van der Waals surface area contributed by atoms with Crippen molar-refractivity contribution >= 4 is 0 Å². The summed E-state index contributed by atoms with van der Waals surface area (Å²) in [5, 5.41) is 3.98. The van der Waals surface area contributed by atoms with Crippen molar-refractivity contribution in [2.45, 2.75) is 25.9 Å². The first-order chi connectivity index (χ1) is 10.8. The molecule has 116 valence electrons. The fraction of sp³-hybridized carbons (Fsp3) is 0.600. The summed E-state index contributed by atoms with van der Waals surface area (Å²) < 4.78 is 11.0. The Morgan fingerprint density at radius 3 is 3.05 bits per heavy atom. The van der Waals surface area contributed by atoms with Crippen molar-refractivity contribution in [3.63, 3.8) is 0 Å². The van der Waals surface area contributed by atoms with E-state index in [1.54, 1.807) is 19.4 Å². The second-order valence-electron chi connectivity index (χ2n) is 6.02. The first-order valence-corrected chi connectivity index (χ1v) is 7.74. The first kappa shape index (κ1) is 13.8. The van der Waals surface area contributed by atoms with E-state index < -0.39 is 0 Å². The molecule has 1 saturated heterocycles. The fourth-order valence-corrected chi connectivity index (χ4v) is 2.88. The van der Waals surface area contributed by atoms with E-state index in [0.717, 1.165) is 36.9 Å². The molecule has 0 spiro atoms. The van der Waals surface area contributed by atoms with Gasteiger partial charge in [0.1, 0.15) is 12.4 Å². The Hall–Kier alpha value is -1.86. The van der Waals surface area contributed by atoms with Gasteiger partial charge in [0.15, 0.2) is 0 Å². The van der Waals surface area contributed by atoms with Gasteiger partial charge in [-0.2, -0.15) is 4.98 Å². The Bertz CT molecular complexity index is 655. The van der Waals surface area contributed by atoms with Crippen LogP contribution in [0.3, 0.4) is 0 Å². The molecular weight excluding hydrogens is 282 g/mol. The van der Waals surface area contributed by atoms with Gasteiger partial charge in [0.05, 0.1) is 17.9 Å². The lowest BCUT2D eigenvalue weighted by atomic mass is 10.1. The van der Waals surface area contributed by atoms with Crippen molar-refractivity contribution in [1.82, 2.24) is 25.0 Å². The van der Waals surface area contributed by atoms with Crippen LogP contribution in [-0.4, -0.2) is 51.2 Å². The molecule has 2 aliphatic rings. The summed E-state index contributed by atoms with van der Waals surface area (Å²) in [4.78, 5) is 15.3. The smallest absolute Gasteiger partial charge is 0.223 e. The van der Waals surface area contributed by atoms with Gasteiger partial charge in [0.2, 0.25) is 11.7 Å². The Balaban J connectivity index is 1.58. The lowest BCUT2D eigenvalue weighted by Gasteiger charge is -2.33. The Morgan fingerprint density at radius 1 is 1.36 bits per heavy atom. The molecule has 1 aliphatic heterocycles. The molecule has 3 heterocycles. The summed E-state index contributed by atoms with van der Waals surface area (Å²) in [5.41, 5.74) is 1.63. The van der Waals surface area contributed by atoms with E-state index >= 15 is 0 Å². The van der Waals surface area contributed by atoms with Crippen molar-refractivity contribution in [2.24, 2.45) is 5.92 Å². The zero-order valence-corrected chi connectivity index (χ0v) is 12.6. The SMILES string of the molecule is Cc1nc(-c2cncnc2[C@H]2CN(CC3CC3)CCO2)no1. The first-order valence-electron chi connectivity index (χ1n) is 7.74. The summed E-state index contributed by atoms with van der Waals surface area (Å²) in [6, 6.07) is 0. The molecule has 2 fully saturated rings. The minimum atomic E-state index is -0.0655. The molecular formula is C15H19N5O2. The van der Waals surface area contributed by atoms with E-state index in [2.05, 4.69) is 25.0 Å². The Kier molecular flexibility index (Phi) is 3.59. The highest BCUT2D eigenvalue weighted by atomic mass is 16.5. The lowest BCUT2D eigenvalue weighted by molar-refractivity contribution is -0.0331. The summed E-state index contributed by atoms with van der Waals surface area (Å²) in [7, 11) is 0. The molecule has 0 N–H and O–H groups in total. The average Bonchev–Trinajstić information content (AvgIpc) is 3.25. The molecule has 4 rings (SSSR count). The maximum Gasteiger partial charge on any atom is 0.223 e. The molecule has 2 aromatic heterocycles. The van der Waals surface area contributed by atoms with Gasteiger partial charge in [-0.15, -0.1) is 0 Å². The number of nitrogens with zero attached hydrogens (tertiary/aromatic N) is 5. The molecule has 0 bridgehead atoms. The summed E-state index contributed by atoms with van der Waals surface area (Å²) in [6.45, 7) is 5.52. The van der Waals surface area contributed by atoms with Crippen LogP contribution in [0.25, 0.3) is 11.4 Å². The van der Waals surface area contributed by atoms with Crippen LogP contribution in [0.15, 0.2) is 17.0 Å². The minimum Gasteiger partial charge on any atom is -0.369 e. The van der Waals surface area contributed by atoms with Crippen LogP contribution < -0.4 is 0 Å². The quantitative estimate of drug-likeness (QED) is 0.849. The maximum atomic E-state index is 5.95. The van der Waals surface area contributed by atoms with Crippen LogP contribution in [0.2, 0.25) is 0 Å². The monoisotopic (exact) mass is 301 g/mol. The molecule has 0 radical (unpaired) electrons. The predicted molar refractivity (Wildman–Crippen MR) is 77.9 cm³/mol. The van der Waals surface area contributed by atoms with Gasteiger partial charge in [0, 0.05) is 32.8 Å². The number of aromatic nitrogens is 4. The summed E-state index contributed by atoms with van der Waals surface area (Å²) in [6.07, 6.45) is 5.95. The van der Waals surface area contributed by atoms with Gasteiger partial charge < -0.3 is 9.26 Å². The van der Waals surface area contributed by atoms with E-state index in [9.17, 15) is 0 Å². The van der Waals surface area contributed by atoms with Crippen LogP contribution in [0, 0.1) is 12.8 Å². The van der Waals surface area contributed by atoms with Crippen molar-refractivity contribution in [1.29, 1.82) is 0 Å². The summed E-state index contributed by atoms with van der Waals surface area (Å²) >= 11 is 0. The van der Waals surface area contributed by atoms with Gasteiger partial charge in [0.25, 0.3) is 0 Å². The number of aryl methyl sites for hydroxylation is 1. The third kappa shape index (κ3) is 2.86. The summed E-state index contributed by atoms with van der Waals surface area (Å²) in [5.74, 6) is 1.93.